The highest BCUT2D eigenvalue weighted by Crippen LogP contribution is 2.27. The summed E-state index contributed by atoms with van der Waals surface area (Å²) in [4.78, 5) is 43.2. The van der Waals surface area contributed by atoms with Crippen molar-refractivity contribution in [3.8, 4) is 0 Å². The number of nitrogens with zero attached hydrogens (tertiary/aromatic N) is 3. The van der Waals surface area contributed by atoms with Gasteiger partial charge in [0.05, 0.1) is 0 Å². The number of alkyl halides is 1. The fraction of sp³-hybridized carbons (Fsp3) is 1.00. The number of hydrogen-bond acceptors (Lipinski definition) is 9. The molecule has 0 saturated carbocycles. The quantitative estimate of drug-likeness (QED) is 0.278. The lowest BCUT2D eigenvalue weighted by Gasteiger charge is -2.30. The summed E-state index contributed by atoms with van der Waals surface area (Å²) in [6, 6.07) is 0. The summed E-state index contributed by atoms with van der Waals surface area (Å²) in [6.07, 6.45) is 0.566. The molecule has 13 heteroatoms. The molecule has 0 aliphatic rings. The third kappa shape index (κ3) is 8.23. The fourth-order valence-electron chi connectivity index (χ4n) is 1.35. The van der Waals surface area contributed by atoms with Gasteiger partial charge in [0.2, 0.25) is 0 Å². The van der Waals surface area contributed by atoms with Gasteiger partial charge in [0.1, 0.15) is 19.8 Å². The van der Waals surface area contributed by atoms with Crippen molar-refractivity contribution in [3.05, 3.63) is 30.3 Å². The fourth-order valence-corrected chi connectivity index (χ4v) is 1.63. The molecule has 0 bridgehead atoms. The topological polar surface area (TPSA) is 157 Å². The molecule has 0 spiro atoms. The van der Waals surface area contributed by atoms with Crippen molar-refractivity contribution in [2.45, 2.75) is 12.8 Å². The van der Waals surface area contributed by atoms with E-state index in [0.717, 1.165) is 0 Å². The van der Waals surface area contributed by atoms with Crippen LogP contribution in [0.3, 0.4) is 0 Å². The van der Waals surface area contributed by atoms with E-state index >= 15 is 0 Å². The second kappa shape index (κ2) is 9.06. The Morgan fingerprint density at radius 1 is 0.850 bits per heavy atom. The van der Waals surface area contributed by atoms with Crippen LogP contribution in [0, 0.1) is 35.8 Å². The number of halogens is 1. The van der Waals surface area contributed by atoms with Gasteiger partial charge in [-0.15, -0.1) is 30.3 Å². The van der Waals surface area contributed by atoms with Gasteiger partial charge >= 0.3 is 0 Å². The van der Waals surface area contributed by atoms with Crippen LogP contribution in [-0.4, -0.2) is 40.4 Å². The first kappa shape index (κ1) is 18.1. The van der Waals surface area contributed by atoms with Gasteiger partial charge in [-0.25, -0.2) is 0 Å². The molecule has 0 radical (unpaired) electrons. The smallest absolute Gasteiger partial charge is 0.294 e. The molecule has 0 rings (SSSR count). The van der Waals surface area contributed by atoms with Crippen molar-refractivity contribution in [3.63, 3.8) is 0 Å². The van der Waals surface area contributed by atoms with Crippen molar-refractivity contribution in [2.75, 3.05) is 25.2 Å². The van der Waals surface area contributed by atoms with Crippen LogP contribution >= 0.6 is 15.9 Å². The summed E-state index contributed by atoms with van der Waals surface area (Å²) in [5.74, 6) is 0. The number of rotatable bonds is 12. The van der Waals surface area contributed by atoms with Gasteiger partial charge in [-0.1, -0.05) is 15.9 Å². The van der Waals surface area contributed by atoms with Crippen LogP contribution in [0.15, 0.2) is 0 Å². The summed E-state index contributed by atoms with van der Waals surface area (Å²) in [6.45, 7) is -1.85. The minimum Gasteiger partial charge on any atom is -0.313 e. The maximum atomic E-state index is 10.2. The van der Waals surface area contributed by atoms with Crippen molar-refractivity contribution < 1.29 is 29.8 Å². The molecule has 12 nitrogen and oxygen atoms in total. The normalized spacial score (nSPS) is 10.7. The summed E-state index contributed by atoms with van der Waals surface area (Å²) >= 11 is 3.12. The van der Waals surface area contributed by atoms with E-state index < -0.39 is 40.5 Å². The molecule has 0 aliphatic heterocycles. The Bertz CT molecular complexity index is 307. The SMILES string of the molecule is O=[N+]([O-])OCC(CCCBr)(CO[N+](=O)[O-])CO[N+](=O)[O-]. The largest absolute Gasteiger partial charge is 0.313 e. The molecule has 0 amide bonds. The van der Waals surface area contributed by atoms with Crippen molar-refractivity contribution in [1.29, 1.82) is 0 Å². The maximum Gasteiger partial charge on any atom is 0.294 e. The predicted octanol–water partition coefficient (Wildman–Crippen LogP) is 0.773. The van der Waals surface area contributed by atoms with Crippen LogP contribution in [0.2, 0.25) is 0 Å². The molecule has 0 N–H and O–H groups in total. The molecule has 116 valence electrons. The summed E-state index contributed by atoms with van der Waals surface area (Å²) in [7, 11) is 0. The summed E-state index contributed by atoms with van der Waals surface area (Å²) in [5.41, 5.74) is -1.37. The van der Waals surface area contributed by atoms with Crippen molar-refractivity contribution >= 4 is 15.9 Å². The lowest BCUT2D eigenvalue weighted by atomic mass is 9.86. The van der Waals surface area contributed by atoms with Crippen LogP contribution < -0.4 is 0 Å². The third-order valence-electron chi connectivity index (χ3n) is 2.27. The molecule has 0 atom stereocenters. The minimum absolute atomic E-state index is 0.133. The molecule has 20 heavy (non-hydrogen) atoms. The summed E-state index contributed by atoms with van der Waals surface area (Å²) in [5, 5.41) is 27.9. The average Bonchev–Trinajstić information content (AvgIpc) is 2.36. The highest BCUT2D eigenvalue weighted by molar-refractivity contribution is 9.09. The van der Waals surface area contributed by atoms with Gasteiger partial charge < -0.3 is 14.5 Å². The molecule has 0 aliphatic carbocycles. The minimum atomic E-state index is -1.37. The first-order valence-electron chi connectivity index (χ1n) is 5.19. The molecule has 0 saturated heterocycles. The van der Waals surface area contributed by atoms with Gasteiger partial charge in [0.15, 0.2) is 0 Å². The predicted molar refractivity (Wildman–Crippen MR) is 64.3 cm³/mol. The van der Waals surface area contributed by atoms with Crippen molar-refractivity contribution in [1.82, 2.24) is 0 Å². The van der Waals surface area contributed by atoms with E-state index in [0.29, 0.717) is 11.8 Å². The van der Waals surface area contributed by atoms with Crippen LogP contribution in [0.5, 0.6) is 0 Å². The van der Waals surface area contributed by atoms with Crippen molar-refractivity contribution in [2.24, 2.45) is 5.41 Å². The average molecular weight is 362 g/mol. The van der Waals surface area contributed by atoms with Crippen LogP contribution in [0.4, 0.5) is 0 Å². The maximum absolute atomic E-state index is 10.2. The van der Waals surface area contributed by atoms with Gasteiger partial charge in [0.25, 0.3) is 15.3 Å². The standard InChI is InChI=1S/C7H12BrN3O9/c8-3-1-2-7(4-18-9(12)13,5-19-10(14)15)6-20-11(16)17/h1-6H2. The number of hydrogen-bond donors (Lipinski definition) is 0. The Labute approximate surface area is 120 Å². The molecular weight excluding hydrogens is 350 g/mol. The summed E-state index contributed by atoms with van der Waals surface area (Å²) < 4.78 is 0. The van der Waals surface area contributed by atoms with Gasteiger partial charge in [-0.05, 0) is 12.8 Å². The first-order chi connectivity index (χ1) is 9.31. The highest BCUT2D eigenvalue weighted by Gasteiger charge is 2.34. The van der Waals surface area contributed by atoms with E-state index in [1.54, 1.807) is 0 Å². The van der Waals surface area contributed by atoms with Crippen LogP contribution in [0.1, 0.15) is 12.8 Å². The van der Waals surface area contributed by atoms with E-state index in [-0.39, 0.29) is 6.42 Å². The van der Waals surface area contributed by atoms with E-state index in [4.69, 9.17) is 0 Å². The molecule has 0 heterocycles. The molecule has 0 aromatic heterocycles. The lowest BCUT2D eigenvalue weighted by Crippen LogP contribution is -2.39. The third-order valence-corrected chi connectivity index (χ3v) is 2.83. The molecule has 0 aromatic rings. The lowest BCUT2D eigenvalue weighted by molar-refractivity contribution is -0.782. The highest BCUT2D eigenvalue weighted by atomic mass is 79.9. The Kier molecular flexibility index (Phi) is 8.19. The zero-order valence-electron chi connectivity index (χ0n) is 10.1. The van der Waals surface area contributed by atoms with E-state index in [9.17, 15) is 30.3 Å². The second-order valence-electron chi connectivity index (χ2n) is 3.78. The van der Waals surface area contributed by atoms with Crippen LogP contribution in [0.25, 0.3) is 0 Å². The second-order valence-corrected chi connectivity index (χ2v) is 4.58. The molecular formula is C7H12BrN3O9. The zero-order valence-corrected chi connectivity index (χ0v) is 11.7. The zero-order chi connectivity index (χ0) is 15.6. The Morgan fingerprint density at radius 2 is 1.20 bits per heavy atom. The Hall–Kier alpha value is -1.92. The van der Waals surface area contributed by atoms with Gasteiger partial charge in [-0.3, -0.25) is 0 Å². The van der Waals surface area contributed by atoms with Crippen LogP contribution in [-0.2, 0) is 14.5 Å². The van der Waals surface area contributed by atoms with E-state index in [1.165, 1.54) is 0 Å². The van der Waals surface area contributed by atoms with Gasteiger partial charge in [-0.2, -0.15) is 0 Å². The monoisotopic (exact) mass is 361 g/mol. The van der Waals surface area contributed by atoms with E-state index in [1.807, 2.05) is 0 Å². The Morgan fingerprint density at radius 3 is 1.45 bits per heavy atom. The molecule has 0 fully saturated rings. The van der Waals surface area contributed by atoms with Gasteiger partial charge in [0, 0.05) is 10.7 Å². The molecule has 0 aromatic carbocycles. The van der Waals surface area contributed by atoms with E-state index in [2.05, 4.69) is 30.4 Å². The Balaban J connectivity index is 4.87. The first-order valence-corrected chi connectivity index (χ1v) is 6.31. The molecule has 0 unspecified atom stereocenters.